The number of nitrogens with zero attached hydrogens (tertiary/aromatic N) is 1. The predicted octanol–water partition coefficient (Wildman–Crippen LogP) is 1.50. The molecule has 13 heavy (non-hydrogen) atoms. The molecule has 0 radical (unpaired) electrons. The molecule has 0 bridgehead atoms. The van der Waals surface area contributed by atoms with Gasteiger partial charge in [-0.15, -0.1) is 0 Å². The Labute approximate surface area is 79.0 Å². The molecular formula is C10H17NO2. The van der Waals surface area contributed by atoms with Gasteiger partial charge in [0.1, 0.15) is 0 Å². The van der Waals surface area contributed by atoms with Gasteiger partial charge in [-0.25, -0.2) is 4.79 Å². The molecule has 1 rings (SSSR count). The fourth-order valence-electron chi connectivity index (χ4n) is 1.85. The van der Waals surface area contributed by atoms with Gasteiger partial charge in [-0.05, 0) is 34.7 Å². The first-order chi connectivity index (χ1) is 5.69. The third-order valence-corrected chi connectivity index (χ3v) is 3.09. The minimum atomic E-state index is -0.817. The van der Waals surface area contributed by atoms with Gasteiger partial charge in [0.15, 0.2) is 0 Å². The van der Waals surface area contributed by atoms with Crippen LogP contribution in [0.5, 0.6) is 0 Å². The number of likely N-dealkylation sites (N-methyl/N-ethyl adjacent to an activating group) is 1. The highest BCUT2D eigenvalue weighted by molar-refractivity contribution is 5.90. The largest absolute Gasteiger partial charge is 0.478 e. The molecule has 1 aliphatic heterocycles. The molecule has 0 saturated heterocycles. The molecule has 3 heteroatoms. The molecule has 1 N–H and O–H groups in total. The van der Waals surface area contributed by atoms with Crippen molar-refractivity contribution in [2.75, 3.05) is 7.05 Å². The van der Waals surface area contributed by atoms with Crippen LogP contribution < -0.4 is 0 Å². The van der Waals surface area contributed by atoms with E-state index in [0.29, 0.717) is 5.57 Å². The van der Waals surface area contributed by atoms with Gasteiger partial charge in [0.05, 0.1) is 5.57 Å². The van der Waals surface area contributed by atoms with E-state index < -0.39 is 5.97 Å². The summed E-state index contributed by atoms with van der Waals surface area (Å²) in [6, 6.07) is 0. The average Bonchev–Trinajstić information content (AvgIpc) is 2.11. The first kappa shape index (κ1) is 10.3. The van der Waals surface area contributed by atoms with Crippen LogP contribution in [0.4, 0.5) is 0 Å². The number of carboxylic acids is 1. The van der Waals surface area contributed by atoms with Crippen LogP contribution in [0.25, 0.3) is 0 Å². The normalized spacial score (nSPS) is 25.8. The predicted molar refractivity (Wildman–Crippen MR) is 51.6 cm³/mol. The molecule has 1 aliphatic rings. The van der Waals surface area contributed by atoms with Crippen LogP contribution in [0.3, 0.4) is 0 Å². The molecular weight excluding hydrogens is 166 g/mol. The van der Waals surface area contributed by atoms with E-state index in [1.807, 2.05) is 40.8 Å². The second kappa shape index (κ2) is 2.58. The summed E-state index contributed by atoms with van der Waals surface area (Å²) in [6.45, 7) is 7.90. The van der Waals surface area contributed by atoms with E-state index in [2.05, 4.69) is 4.90 Å². The summed E-state index contributed by atoms with van der Waals surface area (Å²) in [5.74, 6) is -0.817. The van der Waals surface area contributed by atoms with Crippen molar-refractivity contribution in [2.24, 2.45) is 0 Å². The molecule has 1 heterocycles. The van der Waals surface area contributed by atoms with Crippen molar-refractivity contribution in [3.63, 3.8) is 0 Å². The van der Waals surface area contributed by atoms with E-state index in [1.54, 1.807) is 0 Å². The Morgan fingerprint density at radius 1 is 1.38 bits per heavy atom. The lowest BCUT2D eigenvalue weighted by molar-refractivity contribution is -0.133. The van der Waals surface area contributed by atoms with E-state index >= 15 is 0 Å². The van der Waals surface area contributed by atoms with Crippen molar-refractivity contribution in [3.05, 3.63) is 11.6 Å². The Kier molecular flexibility index (Phi) is 2.03. The Bertz CT molecular complexity index is 277. The van der Waals surface area contributed by atoms with Gasteiger partial charge < -0.3 is 5.11 Å². The Morgan fingerprint density at radius 3 is 2.00 bits per heavy atom. The number of carboxylic acid groups (broad SMARTS) is 1. The molecule has 74 valence electrons. The topological polar surface area (TPSA) is 40.5 Å². The fourth-order valence-corrected chi connectivity index (χ4v) is 1.85. The van der Waals surface area contributed by atoms with Crippen LogP contribution in [0.1, 0.15) is 27.7 Å². The van der Waals surface area contributed by atoms with Gasteiger partial charge in [-0.1, -0.05) is 6.08 Å². The zero-order valence-corrected chi connectivity index (χ0v) is 8.88. The molecule has 0 fully saturated rings. The maximum Gasteiger partial charge on any atom is 0.333 e. The summed E-state index contributed by atoms with van der Waals surface area (Å²) in [6.07, 6.45) is 1.83. The van der Waals surface area contributed by atoms with E-state index in [-0.39, 0.29) is 11.1 Å². The maximum absolute atomic E-state index is 11.0. The summed E-state index contributed by atoms with van der Waals surface area (Å²) in [4.78, 5) is 13.0. The molecule has 0 aromatic heterocycles. The first-order valence-electron chi connectivity index (χ1n) is 4.40. The molecule has 0 unspecified atom stereocenters. The fraction of sp³-hybridized carbons (Fsp3) is 0.700. The lowest BCUT2D eigenvalue weighted by Gasteiger charge is -2.37. The second-order valence-electron chi connectivity index (χ2n) is 4.63. The van der Waals surface area contributed by atoms with Crippen molar-refractivity contribution < 1.29 is 9.90 Å². The van der Waals surface area contributed by atoms with E-state index in [1.165, 1.54) is 0 Å². The molecule has 0 aromatic carbocycles. The smallest absolute Gasteiger partial charge is 0.333 e. The first-order valence-corrected chi connectivity index (χ1v) is 4.40. The number of carbonyl (C=O) groups is 1. The van der Waals surface area contributed by atoms with Crippen LogP contribution in [0.15, 0.2) is 11.6 Å². The van der Waals surface area contributed by atoms with Gasteiger partial charge in [-0.2, -0.15) is 0 Å². The van der Waals surface area contributed by atoms with Gasteiger partial charge in [0.25, 0.3) is 0 Å². The van der Waals surface area contributed by atoms with Crippen molar-refractivity contribution in [1.29, 1.82) is 0 Å². The zero-order valence-electron chi connectivity index (χ0n) is 8.88. The van der Waals surface area contributed by atoms with Gasteiger partial charge in [-0.3, -0.25) is 4.90 Å². The van der Waals surface area contributed by atoms with E-state index in [9.17, 15) is 4.79 Å². The van der Waals surface area contributed by atoms with Crippen LogP contribution in [0, 0.1) is 0 Å². The molecule has 0 saturated carbocycles. The lowest BCUT2D eigenvalue weighted by atomic mass is 9.96. The highest BCUT2D eigenvalue weighted by Crippen LogP contribution is 2.38. The quantitative estimate of drug-likeness (QED) is 0.669. The molecule has 0 aliphatic carbocycles. The van der Waals surface area contributed by atoms with Crippen LogP contribution in [-0.2, 0) is 4.79 Å². The lowest BCUT2D eigenvalue weighted by Crippen LogP contribution is -2.48. The monoisotopic (exact) mass is 183 g/mol. The summed E-state index contributed by atoms with van der Waals surface area (Å²) in [7, 11) is 1.95. The highest BCUT2D eigenvalue weighted by Gasteiger charge is 2.45. The summed E-state index contributed by atoms with van der Waals surface area (Å²) < 4.78 is 0. The van der Waals surface area contributed by atoms with Crippen LogP contribution in [0.2, 0.25) is 0 Å². The maximum atomic E-state index is 11.0. The Hall–Kier alpha value is -0.830. The number of aliphatic carboxylic acids is 1. The minimum Gasteiger partial charge on any atom is -0.478 e. The van der Waals surface area contributed by atoms with Gasteiger partial charge in [0.2, 0.25) is 0 Å². The van der Waals surface area contributed by atoms with E-state index in [0.717, 1.165) is 0 Å². The van der Waals surface area contributed by atoms with Crippen LogP contribution in [-0.4, -0.2) is 34.1 Å². The summed E-state index contributed by atoms with van der Waals surface area (Å²) in [5, 5.41) is 9.00. The second-order valence-corrected chi connectivity index (χ2v) is 4.63. The van der Waals surface area contributed by atoms with Crippen molar-refractivity contribution >= 4 is 5.97 Å². The third kappa shape index (κ3) is 1.37. The van der Waals surface area contributed by atoms with Gasteiger partial charge in [0, 0.05) is 11.1 Å². The Balaban J connectivity index is 3.17. The SMILES string of the molecule is CN1C(C)(C)C=C(C(=O)O)C1(C)C. The molecule has 3 nitrogen and oxygen atoms in total. The molecule has 0 aromatic rings. The Morgan fingerprint density at radius 2 is 1.85 bits per heavy atom. The number of hydrogen-bond acceptors (Lipinski definition) is 2. The highest BCUT2D eigenvalue weighted by atomic mass is 16.4. The number of rotatable bonds is 1. The number of hydrogen-bond donors (Lipinski definition) is 1. The minimum absolute atomic E-state index is 0.169. The van der Waals surface area contributed by atoms with Crippen molar-refractivity contribution in [1.82, 2.24) is 4.90 Å². The summed E-state index contributed by atoms with van der Waals surface area (Å²) >= 11 is 0. The zero-order chi connectivity index (χ0) is 10.4. The third-order valence-electron chi connectivity index (χ3n) is 3.09. The summed E-state index contributed by atoms with van der Waals surface area (Å²) in [5.41, 5.74) is -0.0629. The van der Waals surface area contributed by atoms with Gasteiger partial charge >= 0.3 is 5.97 Å². The van der Waals surface area contributed by atoms with Crippen LogP contribution >= 0.6 is 0 Å². The van der Waals surface area contributed by atoms with Crippen molar-refractivity contribution in [3.8, 4) is 0 Å². The average molecular weight is 183 g/mol. The molecule has 0 atom stereocenters. The molecule has 0 spiro atoms. The standard InChI is InChI=1S/C10H17NO2/c1-9(2)6-7(8(12)13)10(3,4)11(9)5/h6H,1-5H3,(H,12,13). The van der Waals surface area contributed by atoms with E-state index in [4.69, 9.17) is 5.11 Å². The van der Waals surface area contributed by atoms with Crippen molar-refractivity contribution in [2.45, 2.75) is 38.8 Å². The molecule has 0 amide bonds.